The van der Waals surface area contributed by atoms with Gasteiger partial charge in [-0.15, -0.1) is 0 Å². The zero-order valence-corrected chi connectivity index (χ0v) is 28.9. The number of unbranched alkanes of at least 4 members (excludes halogenated alkanes) is 9. The van der Waals surface area contributed by atoms with E-state index in [9.17, 15) is 14.4 Å². The van der Waals surface area contributed by atoms with Gasteiger partial charge in [0, 0.05) is 6.61 Å². The number of carbonyl (C=O) groups excluding carboxylic acids is 3. The first-order valence-corrected chi connectivity index (χ1v) is 17.5. The van der Waals surface area contributed by atoms with Gasteiger partial charge in [0.25, 0.3) is 0 Å². The fourth-order valence-corrected chi connectivity index (χ4v) is 4.91. The molecule has 0 saturated heterocycles. The maximum atomic E-state index is 12.8. The Bertz CT molecular complexity index is 1350. The summed E-state index contributed by atoms with van der Waals surface area (Å²) in [6.45, 7) is 7.48. The molecule has 3 aromatic carbocycles. The molecule has 0 amide bonds. The number of benzene rings is 3. The molecule has 0 N–H and O–H groups in total. The van der Waals surface area contributed by atoms with Crippen LogP contribution in [0.4, 0.5) is 0 Å². The number of esters is 3. The standard InChI is InChI=1S/C40H52O8/c1-4-6-8-9-10-11-12-13-14-28-45-36-23-19-33(20-24-36)32-15-17-34(18-16-32)40(43)48-37-25-21-35(22-26-37)39(42)47-31(3)38(41)46-30-29-44-27-7-5-2/h15-26,31H,4-14,27-30H2,1-3H3. The van der Waals surface area contributed by atoms with Crippen molar-refractivity contribution in [2.24, 2.45) is 0 Å². The molecule has 0 aliphatic carbocycles. The fraction of sp³-hybridized carbons (Fsp3) is 0.475. The molecule has 48 heavy (non-hydrogen) atoms. The van der Waals surface area contributed by atoms with E-state index in [1.54, 1.807) is 12.1 Å². The fourth-order valence-electron chi connectivity index (χ4n) is 4.91. The van der Waals surface area contributed by atoms with Gasteiger partial charge in [-0.2, -0.15) is 0 Å². The van der Waals surface area contributed by atoms with Crippen LogP contribution in [-0.2, 0) is 19.0 Å². The highest BCUT2D eigenvalue weighted by molar-refractivity contribution is 5.93. The quantitative estimate of drug-likeness (QED) is 0.0564. The van der Waals surface area contributed by atoms with Crippen molar-refractivity contribution in [1.82, 2.24) is 0 Å². The van der Waals surface area contributed by atoms with Crippen LogP contribution in [0.2, 0.25) is 0 Å². The minimum absolute atomic E-state index is 0.0925. The van der Waals surface area contributed by atoms with Crippen LogP contribution in [0.3, 0.4) is 0 Å². The van der Waals surface area contributed by atoms with Gasteiger partial charge in [-0.3, -0.25) is 0 Å². The maximum Gasteiger partial charge on any atom is 0.347 e. The van der Waals surface area contributed by atoms with Gasteiger partial charge in [-0.05, 0) is 79.4 Å². The van der Waals surface area contributed by atoms with Gasteiger partial charge in [-0.25, -0.2) is 14.4 Å². The smallest absolute Gasteiger partial charge is 0.347 e. The van der Waals surface area contributed by atoms with Crippen molar-refractivity contribution in [3.8, 4) is 22.6 Å². The number of hydrogen-bond donors (Lipinski definition) is 0. The van der Waals surface area contributed by atoms with E-state index in [0.29, 0.717) is 18.8 Å². The minimum atomic E-state index is -1.07. The van der Waals surface area contributed by atoms with Crippen molar-refractivity contribution in [3.05, 3.63) is 83.9 Å². The highest BCUT2D eigenvalue weighted by Crippen LogP contribution is 2.24. The second-order valence-corrected chi connectivity index (χ2v) is 11.9. The highest BCUT2D eigenvalue weighted by atomic mass is 16.6. The summed E-state index contributed by atoms with van der Waals surface area (Å²) in [5.41, 5.74) is 2.60. The Morgan fingerprint density at radius 3 is 1.69 bits per heavy atom. The molecule has 3 rings (SSSR count). The Morgan fingerprint density at radius 2 is 1.06 bits per heavy atom. The molecule has 0 fully saturated rings. The molecule has 0 spiro atoms. The SMILES string of the molecule is CCCCCCCCCCCOc1ccc(-c2ccc(C(=O)Oc3ccc(C(=O)OC(C)C(=O)OCCOCCCC)cc3)cc2)cc1. The molecule has 0 radical (unpaired) electrons. The van der Waals surface area contributed by atoms with Crippen LogP contribution < -0.4 is 9.47 Å². The van der Waals surface area contributed by atoms with E-state index < -0.39 is 24.0 Å². The van der Waals surface area contributed by atoms with E-state index in [0.717, 1.165) is 42.7 Å². The largest absolute Gasteiger partial charge is 0.494 e. The zero-order chi connectivity index (χ0) is 34.4. The molecule has 8 nitrogen and oxygen atoms in total. The number of hydrogen-bond acceptors (Lipinski definition) is 8. The molecule has 0 heterocycles. The first kappa shape index (κ1) is 38.3. The van der Waals surface area contributed by atoms with Crippen molar-refractivity contribution in [2.75, 3.05) is 26.4 Å². The Balaban J connectivity index is 1.37. The van der Waals surface area contributed by atoms with Crippen LogP contribution in [0, 0.1) is 0 Å². The van der Waals surface area contributed by atoms with E-state index in [2.05, 4.69) is 13.8 Å². The second kappa shape index (κ2) is 22.4. The van der Waals surface area contributed by atoms with Crippen molar-refractivity contribution < 1.29 is 38.1 Å². The normalized spacial score (nSPS) is 11.5. The summed E-state index contributed by atoms with van der Waals surface area (Å²) < 4.78 is 27.1. The van der Waals surface area contributed by atoms with E-state index in [1.807, 2.05) is 36.4 Å². The van der Waals surface area contributed by atoms with Crippen molar-refractivity contribution in [2.45, 2.75) is 97.5 Å². The molecule has 260 valence electrons. The van der Waals surface area contributed by atoms with Gasteiger partial charge < -0.3 is 23.7 Å². The van der Waals surface area contributed by atoms with Crippen molar-refractivity contribution >= 4 is 17.9 Å². The van der Waals surface area contributed by atoms with E-state index in [4.69, 9.17) is 23.7 Å². The van der Waals surface area contributed by atoms with Crippen LogP contribution in [-0.4, -0.2) is 50.4 Å². The van der Waals surface area contributed by atoms with Gasteiger partial charge >= 0.3 is 17.9 Å². The summed E-state index contributed by atoms with van der Waals surface area (Å²) in [7, 11) is 0. The Morgan fingerprint density at radius 1 is 0.542 bits per heavy atom. The molecule has 1 atom stereocenters. The summed E-state index contributed by atoms with van der Waals surface area (Å²) in [6.07, 6.45) is 12.5. The third-order valence-electron chi connectivity index (χ3n) is 7.86. The van der Waals surface area contributed by atoms with Gasteiger partial charge in [0.15, 0.2) is 6.10 Å². The number of carbonyl (C=O) groups is 3. The Kier molecular flexibility index (Phi) is 17.9. The molecule has 0 bridgehead atoms. The predicted molar refractivity (Wildman–Crippen MR) is 188 cm³/mol. The van der Waals surface area contributed by atoms with E-state index in [-0.39, 0.29) is 17.9 Å². The maximum absolute atomic E-state index is 12.8. The average molecular weight is 661 g/mol. The Hall–Kier alpha value is -4.17. The Labute approximate surface area is 286 Å². The molecule has 0 aliphatic rings. The summed E-state index contributed by atoms with van der Waals surface area (Å²) >= 11 is 0. The lowest BCUT2D eigenvalue weighted by Crippen LogP contribution is -2.27. The first-order valence-electron chi connectivity index (χ1n) is 17.5. The predicted octanol–water partition coefficient (Wildman–Crippen LogP) is 9.39. The zero-order valence-electron chi connectivity index (χ0n) is 28.9. The minimum Gasteiger partial charge on any atom is -0.494 e. The molecular weight excluding hydrogens is 608 g/mol. The molecule has 8 heteroatoms. The highest BCUT2D eigenvalue weighted by Gasteiger charge is 2.20. The molecular formula is C40H52O8. The molecule has 3 aromatic rings. The van der Waals surface area contributed by atoms with Crippen LogP contribution in [0.15, 0.2) is 72.8 Å². The molecule has 0 aromatic heterocycles. The lowest BCUT2D eigenvalue weighted by atomic mass is 10.0. The first-order chi connectivity index (χ1) is 23.4. The van der Waals surface area contributed by atoms with Gasteiger partial charge in [0.1, 0.15) is 18.1 Å². The van der Waals surface area contributed by atoms with E-state index >= 15 is 0 Å². The summed E-state index contributed by atoms with van der Waals surface area (Å²) in [6, 6.07) is 21.1. The third-order valence-corrected chi connectivity index (χ3v) is 7.86. The molecule has 1 unspecified atom stereocenters. The van der Waals surface area contributed by atoms with Gasteiger partial charge in [-0.1, -0.05) is 95.9 Å². The summed E-state index contributed by atoms with van der Waals surface area (Å²) in [4.78, 5) is 37.3. The average Bonchev–Trinajstić information content (AvgIpc) is 3.11. The van der Waals surface area contributed by atoms with Crippen LogP contribution in [0.1, 0.15) is 112 Å². The van der Waals surface area contributed by atoms with Crippen LogP contribution in [0.25, 0.3) is 11.1 Å². The lowest BCUT2D eigenvalue weighted by molar-refractivity contribution is -0.154. The van der Waals surface area contributed by atoms with Crippen LogP contribution in [0.5, 0.6) is 11.5 Å². The van der Waals surface area contributed by atoms with Gasteiger partial charge in [0.05, 0.1) is 24.3 Å². The topological polar surface area (TPSA) is 97.4 Å². The van der Waals surface area contributed by atoms with Crippen molar-refractivity contribution in [3.63, 3.8) is 0 Å². The van der Waals surface area contributed by atoms with Crippen molar-refractivity contribution in [1.29, 1.82) is 0 Å². The van der Waals surface area contributed by atoms with Gasteiger partial charge in [0.2, 0.25) is 0 Å². The molecule has 0 aliphatic heterocycles. The number of rotatable bonds is 23. The summed E-state index contributed by atoms with van der Waals surface area (Å²) in [5.74, 6) is -0.731. The van der Waals surface area contributed by atoms with E-state index in [1.165, 1.54) is 82.6 Å². The second-order valence-electron chi connectivity index (χ2n) is 11.9. The monoisotopic (exact) mass is 660 g/mol. The third kappa shape index (κ3) is 14.3. The molecule has 0 saturated carbocycles. The lowest BCUT2D eigenvalue weighted by Gasteiger charge is -2.13. The van der Waals surface area contributed by atoms with Crippen LogP contribution >= 0.6 is 0 Å². The summed E-state index contributed by atoms with van der Waals surface area (Å²) in [5, 5.41) is 0. The number of ether oxygens (including phenoxy) is 5.